The molecule has 0 saturated carbocycles. The summed E-state index contributed by atoms with van der Waals surface area (Å²) in [4.78, 5) is 38.7. The molecule has 194 valence electrons. The second-order valence-electron chi connectivity index (χ2n) is 9.79. The van der Waals surface area contributed by atoms with Crippen LogP contribution in [-0.2, 0) is 20.0 Å². The molecule has 0 aliphatic heterocycles. The molecule has 1 unspecified atom stereocenters. The van der Waals surface area contributed by atoms with Crippen LogP contribution in [0.25, 0.3) is 22.3 Å². The SMILES string of the molecule is CC(C)Cn1c(=O)n(C)c(=O)c2c(-c3cccc(C(=O)O)c3)n(C(Cc3ccccc3)c3ccsc3)nc21. The van der Waals surface area contributed by atoms with Crippen molar-refractivity contribution in [1.29, 1.82) is 0 Å². The molecule has 3 heterocycles. The topological polar surface area (TPSA) is 99.1 Å². The first-order chi connectivity index (χ1) is 18.3. The van der Waals surface area contributed by atoms with Gasteiger partial charge in [-0.25, -0.2) is 9.59 Å². The third kappa shape index (κ3) is 4.61. The number of fused-ring (bicyclic) bond motifs is 1. The van der Waals surface area contributed by atoms with E-state index in [2.05, 4.69) is 5.38 Å². The van der Waals surface area contributed by atoms with Crippen LogP contribution < -0.4 is 11.2 Å². The molecule has 1 N–H and O–H groups in total. The molecule has 0 spiro atoms. The van der Waals surface area contributed by atoms with Crippen LogP contribution in [0.1, 0.15) is 41.4 Å². The number of aromatic nitrogens is 4. The molecule has 0 aliphatic carbocycles. The van der Waals surface area contributed by atoms with Crippen LogP contribution in [0.15, 0.2) is 81.0 Å². The Hall–Kier alpha value is -4.24. The van der Waals surface area contributed by atoms with Gasteiger partial charge in [0.2, 0.25) is 0 Å². The first kappa shape index (κ1) is 25.4. The average Bonchev–Trinajstić information content (AvgIpc) is 3.58. The molecule has 5 rings (SSSR count). The Morgan fingerprint density at radius 1 is 1.05 bits per heavy atom. The fourth-order valence-corrected chi connectivity index (χ4v) is 5.52. The van der Waals surface area contributed by atoms with E-state index in [4.69, 9.17) is 5.10 Å². The first-order valence-corrected chi connectivity index (χ1v) is 13.3. The predicted octanol–water partition coefficient (Wildman–Crippen LogP) is 4.81. The van der Waals surface area contributed by atoms with Crippen molar-refractivity contribution in [3.05, 3.63) is 109 Å². The standard InChI is InChI=1S/C29H28N4O4S/c1-18(2)16-32-26-24(27(34)31(3)29(32)37)25(20-10-7-11-21(15-20)28(35)36)33(30-26)23(22-12-13-38-17-22)14-19-8-5-4-6-9-19/h4-13,15,17-18,23H,14,16H2,1-3H3,(H,35,36). The highest BCUT2D eigenvalue weighted by molar-refractivity contribution is 7.08. The Kier molecular flexibility index (Phi) is 6.86. The lowest BCUT2D eigenvalue weighted by Gasteiger charge is -2.20. The van der Waals surface area contributed by atoms with E-state index in [1.54, 1.807) is 38.8 Å². The van der Waals surface area contributed by atoms with Gasteiger partial charge in [0, 0.05) is 19.2 Å². The third-order valence-corrected chi connectivity index (χ3v) is 7.31. The number of hydrogen-bond donors (Lipinski definition) is 1. The molecule has 1 atom stereocenters. The van der Waals surface area contributed by atoms with Crippen molar-refractivity contribution in [2.45, 2.75) is 32.9 Å². The van der Waals surface area contributed by atoms with E-state index in [1.165, 1.54) is 13.1 Å². The molecule has 0 radical (unpaired) electrons. The van der Waals surface area contributed by atoms with Crippen molar-refractivity contribution < 1.29 is 9.90 Å². The molecule has 0 amide bonds. The normalized spacial score (nSPS) is 12.3. The van der Waals surface area contributed by atoms with E-state index in [9.17, 15) is 19.5 Å². The van der Waals surface area contributed by atoms with Crippen molar-refractivity contribution in [2.24, 2.45) is 13.0 Å². The summed E-state index contributed by atoms with van der Waals surface area (Å²) in [7, 11) is 1.47. The van der Waals surface area contributed by atoms with Gasteiger partial charge in [0.05, 0.1) is 17.3 Å². The summed E-state index contributed by atoms with van der Waals surface area (Å²) < 4.78 is 4.46. The van der Waals surface area contributed by atoms with Gasteiger partial charge >= 0.3 is 11.7 Å². The Morgan fingerprint density at radius 2 is 1.82 bits per heavy atom. The third-order valence-electron chi connectivity index (χ3n) is 6.61. The van der Waals surface area contributed by atoms with Gasteiger partial charge in [-0.3, -0.25) is 18.6 Å². The van der Waals surface area contributed by atoms with E-state index >= 15 is 0 Å². The molecular formula is C29H28N4O4S. The van der Waals surface area contributed by atoms with Crippen LogP contribution in [-0.4, -0.2) is 30.0 Å². The lowest BCUT2D eigenvalue weighted by atomic mass is 9.99. The van der Waals surface area contributed by atoms with Crippen molar-refractivity contribution in [3.8, 4) is 11.3 Å². The van der Waals surface area contributed by atoms with Gasteiger partial charge < -0.3 is 5.11 Å². The summed E-state index contributed by atoms with van der Waals surface area (Å²) in [5.74, 6) is -0.931. The zero-order valence-corrected chi connectivity index (χ0v) is 22.2. The summed E-state index contributed by atoms with van der Waals surface area (Å²) in [5.41, 5.74) is 2.65. The van der Waals surface area contributed by atoms with Crippen LogP contribution in [0.4, 0.5) is 0 Å². The largest absolute Gasteiger partial charge is 0.478 e. The monoisotopic (exact) mass is 528 g/mol. The molecule has 5 aromatic rings. The van der Waals surface area contributed by atoms with Gasteiger partial charge in [0.1, 0.15) is 5.39 Å². The lowest BCUT2D eigenvalue weighted by Crippen LogP contribution is -2.38. The summed E-state index contributed by atoms with van der Waals surface area (Å²) >= 11 is 1.57. The van der Waals surface area contributed by atoms with Crippen molar-refractivity contribution in [3.63, 3.8) is 0 Å². The number of carbonyl (C=O) groups is 1. The quantitative estimate of drug-likeness (QED) is 0.312. The summed E-state index contributed by atoms with van der Waals surface area (Å²) in [6, 6.07) is 18.2. The van der Waals surface area contributed by atoms with Gasteiger partial charge in [-0.15, -0.1) is 0 Å². The molecule has 3 aromatic heterocycles. The van der Waals surface area contributed by atoms with Crippen molar-refractivity contribution in [1.82, 2.24) is 18.9 Å². The number of rotatable bonds is 8. The summed E-state index contributed by atoms with van der Waals surface area (Å²) in [5, 5.41) is 19.0. The molecule has 9 heteroatoms. The zero-order chi connectivity index (χ0) is 27.0. The number of hydrogen-bond acceptors (Lipinski definition) is 5. The first-order valence-electron chi connectivity index (χ1n) is 12.4. The average molecular weight is 529 g/mol. The van der Waals surface area contributed by atoms with Gasteiger partial charge in [-0.2, -0.15) is 16.4 Å². The number of thiophene rings is 1. The Bertz CT molecular complexity index is 1730. The van der Waals surface area contributed by atoms with Gasteiger partial charge in [0.15, 0.2) is 5.65 Å². The van der Waals surface area contributed by atoms with Crippen LogP contribution in [0.2, 0.25) is 0 Å². The van der Waals surface area contributed by atoms with E-state index in [0.29, 0.717) is 35.3 Å². The lowest BCUT2D eigenvalue weighted by molar-refractivity contribution is 0.0697. The van der Waals surface area contributed by atoms with Crippen LogP contribution in [0.3, 0.4) is 0 Å². The highest BCUT2D eigenvalue weighted by Gasteiger charge is 2.28. The van der Waals surface area contributed by atoms with Crippen molar-refractivity contribution >= 4 is 28.3 Å². The maximum absolute atomic E-state index is 13.7. The molecule has 0 aliphatic rings. The number of carboxylic acid groups (broad SMARTS) is 1. The molecule has 8 nitrogen and oxygen atoms in total. The summed E-state index contributed by atoms with van der Waals surface area (Å²) in [6.07, 6.45) is 0.589. The van der Waals surface area contributed by atoms with Crippen LogP contribution >= 0.6 is 11.3 Å². The van der Waals surface area contributed by atoms with E-state index in [0.717, 1.165) is 15.7 Å². The van der Waals surface area contributed by atoms with E-state index < -0.39 is 17.2 Å². The molecule has 38 heavy (non-hydrogen) atoms. The maximum Gasteiger partial charge on any atom is 0.335 e. The fourth-order valence-electron chi connectivity index (χ4n) is 4.81. The maximum atomic E-state index is 13.7. The molecule has 2 aromatic carbocycles. The molecule has 0 fully saturated rings. The fraction of sp³-hybridized carbons (Fsp3) is 0.241. The highest BCUT2D eigenvalue weighted by atomic mass is 32.1. The minimum atomic E-state index is -1.06. The number of carboxylic acids is 1. The molecule has 0 bridgehead atoms. The number of nitrogens with zero attached hydrogens (tertiary/aromatic N) is 4. The summed E-state index contributed by atoms with van der Waals surface area (Å²) in [6.45, 7) is 4.39. The Labute approximate surface area is 223 Å². The second-order valence-corrected chi connectivity index (χ2v) is 10.6. The number of aromatic carboxylic acids is 1. The molecular weight excluding hydrogens is 500 g/mol. The minimum Gasteiger partial charge on any atom is -0.478 e. The van der Waals surface area contributed by atoms with Gasteiger partial charge in [-0.1, -0.05) is 56.3 Å². The minimum absolute atomic E-state index is 0.103. The van der Waals surface area contributed by atoms with Gasteiger partial charge in [0.25, 0.3) is 5.56 Å². The zero-order valence-electron chi connectivity index (χ0n) is 21.4. The van der Waals surface area contributed by atoms with Crippen molar-refractivity contribution in [2.75, 3.05) is 0 Å². The van der Waals surface area contributed by atoms with Crippen LogP contribution in [0.5, 0.6) is 0 Å². The van der Waals surface area contributed by atoms with Gasteiger partial charge in [-0.05, 0) is 52.4 Å². The van der Waals surface area contributed by atoms with E-state index in [-0.39, 0.29) is 17.5 Å². The number of benzene rings is 2. The molecule has 0 saturated heterocycles. The Morgan fingerprint density at radius 3 is 2.47 bits per heavy atom. The van der Waals surface area contributed by atoms with E-state index in [1.807, 2.05) is 55.6 Å². The Balaban J connectivity index is 1.89. The highest BCUT2D eigenvalue weighted by Crippen LogP contribution is 2.34. The predicted molar refractivity (Wildman–Crippen MR) is 149 cm³/mol. The second kappa shape index (κ2) is 10.3. The smallest absolute Gasteiger partial charge is 0.335 e. The van der Waals surface area contributed by atoms with Crippen LogP contribution in [0, 0.1) is 5.92 Å².